The van der Waals surface area contributed by atoms with E-state index in [9.17, 15) is 4.79 Å². The second-order valence-electron chi connectivity index (χ2n) is 4.98. The van der Waals surface area contributed by atoms with E-state index in [0.717, 1.165) is 24.3 Å². The molecule has 0 radical (unpaired) electrons. The molecule has 0 saturated carbocycles. The molecule has 2 rings (SSSR count). The van der Waals surface area contributed by atoms with Crippen molar-refractivity contribution in [2.45, 2.75) is 32.9 Å². The molecule has 112 valence electrons. The molecule has 0 aliphatic rings. The average molecular weight is 287 g/mol. The molecular formula is C16H21N3O2. The summed E-state index contributed by atoms with van der Waals surface area (Å²) >= 11 is 0. The van der Waals surface area contributed by atoms with Crippen molar-refractivity contribution in [1.82, 2.24) is 9.55 Å². The molecule has 2 aromatic rings. The van der Waals surface area contributed by atoms with Crippen molar-refractivity contribution < 1.29 is 9.90 Å². The van der Waals surface area contributed by atoms with Gasteiger partial charge in [0.2, 0.25) is 0 Å². The highest BCUT2D eigenvalue weighted by molar-refractivity contribution is 5.67. The molecule has 0 bridgehead atoms. The van der Waals surface area contributed by atoms with E-state index in [0.29, 0.717) is 13.1 Å². The van der Waals surface area contributed by atoms with Crippen molar-refractivity contribution in [2.75, 3.05) is 11.4 Å². The lowest BCUT2D eigenvalue weighted by atomic mass is 10.2. The smallest absolute Gasteiger partial charge is 0.305 e. The monoisotopic (exact) mass is 287 g/mol. The van der Waals surface area contributed by atoms with Gasteiger partial charge >= 0.3 is 5.97 Å². The van der Waals surface area contributed by atoms with Crippen LogP contribution >= 0.6 is 0 Å². The minimum atomic E-state index is -0.780. The molecule has 21 heavy (non-hydrogen) atoms. The number of carbonyl (C=O) groups is 1. The van der Waals surface area contributed by atoms with Crippen LogP contribution in [0.2, 0.25) is 0 Å². The molecule has 0 aliphatic heterocycles. The predicted molar refractivity (Wildman–Crippen MR) is 82.3 cm³/mol. The first-order valence-corrected chi connectivity index (χ1v) is 7.21. The van der Waals surface area contributed by atoms with Crippen LogP contribution in [-0.2, 0) is 17.9 Å². The van der Waals surface area contributed by atoms with Gasteiger partial charge in [-0.05, 0) is 18.6 Å². The van der Waals surface area contributed by atoms with Crippen LogP contribution in [0.25, 0.3) is 0 Å². The zero-order valence-corrected chi connectivity index (χ0v) is 12.3. The summed E-state index contributed by atoms with van der Waals surface area (Å²) in [7, 11) is 0. The number of anilines is 1. The highest BCUT2D eigenvalue weighted by Crippen LogP contribution is 2.17. The van der Waals surface area contributed by atoms with E-state index in [2.05, 4.69) is 21.4 Å². The number of hydrogen-bond donors (Lipinski definition) is 1. The van der Waals surface area contributed by atoms with E-state index >= 15 is 0 Å². The van der Waals surface area contributed by atoms with Crippen molar-refractivity contribution in [3.63, 3.8) is 0 Å². The van der Waals surface area contributed by atoms with Crippen LogP contribution in [0.5, 0.6) is 0 Å². The number of aryl methyl sites for hydroxylation is 1. The van der Waals surface area contributed by atoms with E-state index < -0.39 is 5.97 Å². The van der Waals surface area contributed by atoms with Crippen LogP contribution in [0.3, 0.4) is 0 Å². The van der Waals surface area contributed by atoms with Gasteiger partial charge in [-0.25, -0.2) is 4.98 Å². The first-order chi connectivity index (χ1) is 10.2. The van der Waals surface area contributed by atoms with Gasteiger partial charge in [0.15, 0.2) is 0 Å². The maximum Gasteiger partial charge on any atom is 0.305 e. The molecular weight excluding hydrogens is 266 g/mol. The fourth-order valence-corrected chi connectivity index (χ4v) is 2.29. The Hall–Kier alpha value is -2.30. The molecule has 1 aromatic heterocycles. The number of carboxylic acids is 1. The predicted octanol–water partition coefficient (Wildman–Crippen LogP) is 2.77. The van der Waals surface area contributed by atoms with Crippen LogP contribution in [-0.4, -0.2) is 27.2 Å². The Morgan fingerprint density at radius 1 is 1.33 bits per heavy atom. The van der Waals surface area contributed by atoms with Gasteiger partial charge in [0, 0.05) is 25.0 Å². The maximum atomic E-state index is 10.9. The average Bonchev–Trinajstić information content (AvgIpc) is 2.92. The Morgan fingerprint density at radius 3 is 2.76 bits per heavy atom. The fraction of sp³-hybridized carbons (Fsp3) is 0.375. The lowest BCUT2D eigenvalue weighted by molar-refractivity contribution is -0.136. The fourth-order valence-electron chi connectivity index (χ4n) is 2.29. The second kappa shape index (κ2) is 7.47. The molecule has 0 unspecified atom stereocenters. The van der Waals surface area contributed by atoms with E-state index in [4.69, 9.17) is 5.11 Å². The molecule has 0 atom stereocenters. The minimum Gasteiger partial charge on any atom is -0.481 e. The third kappa shape index (κ3) is 4.34. The third-order valence-corrected chi connectivity index (χ3v) is 3.33. The summed E-state index contributed by atoms with van der Waals surface area (Å²) in [5, 5.41) is 8.93. The van der Waals surface area contributed by atoms with Gasteiger partial charge in [0.1, 0.15) is 0 Å². The third-order valence-electron chi connectivity index (χ3n) is 3.33. The minimum absolute atomic E-state index is 0.122. The van der Waals surface area contributed by atoms with Crippen molar-refractivity contribution in [3.8, 4) is 0 Å². The van der Waals surface area contributed by atoms with E-state index in [1.54, 1.807) is 0 Å². The van der Waals surface area contributed by atoms with Crippen molar-refractivity contribution in [1.29, 1.82) is 0 Å². The standard InChI is InChI=1S/C16H21N3O2/c1-2-9-19-13-17-11-15(19)12-18(10-8-16(20)21)14-6-4-3-5-7-14/h3-7,11,13H,2,8-10,12H2,1H3,(H,20,21). The Kier molecular flexibility index (Phi) is 5.37. The summed E-state index contributed by atoms with van der Waals surface area (Å²) in [6, 6.07) is 9.89. The number of hydrogen-bond acceptors (Lipinski definition) is 3. The summed E-state index contributed by atoms with van der Waals surface area (Å²) in [4.78, 5) is 17.1. The summed E-state index contributed by atoms with van der Waals surface area (Å²) in [5.41, 5.74) is 2.13. The number of carboxylic acid groups (broad SMARTS) is 1. The number of imidazole rings is 1. The van der Waals surface area contributed by atoms with Crippen LogP contribution in [0.15, 0.2) is 42.9 Å². The lowest BCUT2D eigenvalue weighted by Gasteiger charge is -2.24. The molecule has 0 saturated heterocycles. The molecule has 1 aromatic carbocycles. The summed E-state index contributed by atoms with van der Waals surface area (Å²) < 4.78 is 2.12. The quantitative estimate of drug-likeness (QED) is 0.811. The first-order valence-electron chi connectivity index (χ1n) is 7.21. The number of para-hydroxylation sites is 1. The van der Waals surface area contributed by atoms with Crippen molar-refractivity contribution in [3.05, 3.63) is 48.5 Å². The largest absolute Gasteiger partial charge is 0.481 e. The zero-order valence-electron chi connectivity index (χ0n) is 12.3. The van der Waals surface area contributed by atoms with Gasteiger partial charge in [-0.15, -0.1) is 0 Å². The number of nitrogens with zero attached hydrogens (tertiary/aromatic N) is 3. The Balaban J connectivity index is 2.15. The van der Waals surface area contributed by atoms with E-state index in [-0.39, 0.29) is 6.42 Å². The summed E-state index contributed by atoms with van der Waals surface area (Å²) in [6.07, 6.45) is 4.85. The van der Waals surface area contributed by atoms with Crippen molar-refractivity contribution in [2.24, 2.45) is 0 Å². The normalized spacial score (nSPS) is 10.5. The van der Waals surface area contributed by atoms with E-state index in [1.807, 2.05) is 42.9 Å². The molecule has 5 nitrogen and oxygen atoms in total. The summed E-state index contributed by atoms with van der Waals surface area (Å²) in [5.74, 6) is -0.780. The molecule has 0 amide bonds. The number of aliphatic carboxylic acids is 1. The van der Waals surface area contributed by atoms with Crippen molar-refractivity contribution >= 4 is 11.7 Å². The molecule has 0 spiro atoms. The molecule has 1 heterocycles. The molecule has 0 aliphatic carbocycles. The van der Waals surface area contributed by atoms with Crippen LogP contribution < -0.4 is 4.90 Å². The maximum absolute atomic E-state index is 10.9. The zero-order chi connectivity index (χ0) is 15.1. The Labute approximate surface area is 124 Å². The SMILES string of the molecule is CCCn1cncc1CN(CCC(=O)O)c1ccccc1. The molecule has 5 heteroatoms. The van der Waals surface area contributed by atoms with Gasteiger partial charge in [-0.1, -0.05) is 25.1 Å². The number of aromatic nitrogens is 2. The second-order valence-corrected chi connectivity index (χ2v) is 4.98. The van der Waals surface area contributed by atoms with Crippen LogP contribution in [0.1, 0.15) is 25.5 Å². The Bertz CT molecular complexity index is 566. The van der Waals surface area contributed by atoms with Gasteiger partial charge in [-0.3, -0.25) is 4.79 Å². The number of benzene rings is 1. The van der Waals surface area contributed by atoms with Gasteiger partial charge in [-0.2, -0.15) is 0 Å². The highest BCUT2D eigenvalue weighted by Gasteiger charge is 2.12. The van der Waals surface area contributed by atoms with Crippen LogP contribution in [0, 0.1) is 0 Å². The molecule has 0 fully saturated rings. The number of rotatable bonds is 8. The van der Waals surface area contributed by atoms with Gasteiger partial charge < -0.3 is 14.6 Å². The topological polar surface area (TPSA) is 58.4 Å². The van der Waals surface area contributed by atoms with Gasteiger partial charge in [0.25, 0.3) is 0 Å². The first kappa shape index (κ1) is 15.1. The van der Waals surface area contributed by atoms with Crippen LogP contribution in [0.4, 0.5) is 5.69 Å². The van der Waals surface area contributed by atoms with E-state index in [1.165, 1.54) is 0 Å². The highest BCUT2D eigenvalue weighted by atomic mass is 16.4. The molecule has 1 N–H and O–H groups in total. The summed E-state index contributed by atoms with van der Waals surface area (Å²) in [6.45, 7) is 4.20. The van der Waals surface area contributed by atoms with Gasteiger partial charge in [0.05, 0.1) is 25.0 Å². The lowest BCUT2D eigenvalue weighted by Crippen LogP contribution is -2.26. The Morgan fingerprint density at radius 2 is 2.10 bits per heavy atom.